The zero-order valence-electron chi connectivity index (χ0n) is 20.5. The summed E-state index contributed by atoms with van der Waals surface area (Å²) in [5.74, 6) is 3.23. The summed E-state index contributed by atoms with van der Waals surface area (Å²) in [6, 6.07) is 9.01. The molecule has 2 unspecified atom stereocenters. The zero-order chi connectivity index (χ0) is 22.1. The molecule has 1 saturated heterocycles. The van der Waals surface area contributed by atoms with E-state index in [0.717, 1.165) is 6.42 Å². The van der Waals surface area contributed by atoms with Gasteiger partial charge < -0.3 is 0 Å². The Hall–Kier alpha value is -1.30. The molecule has 2 atom stereocenters. The van der Waals surface area contributed by atoms with E-state index in [2.05, 4.69) is 101 Å². The average Bonchev–Trinajstić information content (AvgIpc) is 3.58. The first-order chi connectivity index (χ1) is 14.3. The average molecular weight is 426 g/mol. The number of rotatable bonds is 11. The van der Waals surface area contributed by atoms with Crippen LogP contribution >= 0.6 is 7.04 Å². The normalized spacial score (nSPS) is 18.8. The highest BCUT2D eigenvalue weighted by Crippen LogP contribution is 2.57. The van der Waals surface area contributed by atoms with Crippen molar-refractivity contribution in [1.29, 1.82) is 0 Å². The van der Waals surface area contributed by atoms with Crippen molar-refractivity contribution < 1.29 is 0 Å². The lowest BCUT2D eigenvalue weighted by molar-refractivity contribution is 0.745. The molecule has 1 aromatic rings. The third-order valence-electron chi connectivity index (χ3n) is 6.57. The fourth-order valence-electron chi connectivity index (χ4n) is 4.24. The molecule has 0 N–H and O–H groups in total. The van der Waals surface area contributed by atoms with Crippen LogP contribution in [0.15, 0.2) is 59.2 Å². The first-order valence-electron chi connectivity index (χ1n) is 11.8. The van der Waals surface area contributed by atoms with Gasteiger partial charge in [0.1, 0.15) is 0 Å². The standard InChI is InChI=1S/C28H44NP/c1-8-11-19-30(10-3,29-17-18-29)22-26(7)25(6)20-28(24(5)12-9-2)21-27-15-13-23(4)14-16-27/h9-10,12-16,20,26H,8,11,17-19,21-22H2,1-7H3/b12-9-,25-20+,28-24+. The van der Waals surface area contributed by atoms with Crippen molar-refractivity contribution in [2.75, 3.05) is 25.4 Å². The molecule has 0 radical (unpaired) electrons. The van der Waals surface area contributed by atoms with E-state index in [1.54, 1.807) is 0 Å². The van der Waals surface area contributed by atoms with Gasteiger partial charge in [0.05, 0.1) is 0 Å². The van der Waals surface area contributed by atoms with Gasteiger partial charge in [0, 0.05) is 13.1 Å². The smallest absolute Gasteiger partial charge is 0.0152 e. The van der Waals surface area contributed by atoms with Crippen LogP contribution in [0.4, 0.5) is 0 Å². The molecule has 2 rings (SSSR count). The summed E-state index contributed by atoms with van der Waals surface area (Å²) in [5, 5.41) is 0. The largest absolute Gasteiger partial charge is 0.281 e. The van der Waals surface area contributed by atoms with Gasteiger partial charge >= 0.3 is 0 Å². The van der Waals surface area contributed by atoms with Crippen molar-refractivity contribution in [1.82, 2.24) is 4.67 Å². The summed E-state index contributed by atoms with van der Waals surface area (Å²) in [4.78, 5) is 0. The molecule has 166 valence electrons. The summed E-state index contributed by atoms with van der Waals surface area (Å²) >= 11 is 0. The van der Waals surface area contributed by atoms with Crippen molar-refractivity contribution in [3.63, 3.8) is 0 Å². The van der Waals surface area contributed by atoms with E-state index in [9.17, 15) is 0 Å². The first-order valence-corrected chi connectivity index (χ1v) is 14.0. The highest BCUT2D eigenvalue weighted by molar-refractivity contribution is 7.72. The van der Waals surface area contributed by atoms with Gasteiger partial charge in [0.15, 0.2) is 0 Å². The van der Waals surface area contributed by atoms with Crippen molar-refractivity contribution in [3.05, 3.63) is 70.3 Å². The minimum atomic E-state index is -1.08. The van der Waals surface area contributed by atoms with Crippen LogP contribution in [0.1, 0.15) is 65.5 Å². The van der Waals surface area contributed by atoms with E-state index in [-0.39, 0.29) is 0 Å². The maximum absolute atomic E-state index is 2.79. The maximum atomic E-state index is 2.79. The molecule has 0 aliphatic carbocycles. The number of hydrogen-bond acceptors (Lipinski definition) is 1. The zero-order valence-corrected chi connectivity index (χ0v) is 21.4. The lowest BCUT2D eigenvalue weighted by Gasteiger charge is -2.31. The molecule has 0 aromatic heterocycles. The molecule has 1 aliphatic heterocycles. The van der Waals surface area contributed by atoms with Gasteiger partial charge in [-0.25, -0.2) is 0 Å². The van der Waals surface area contributed by atoms with Gasteiger partial charge in [-0.2, -0.15) is 0 Å². The number of benzene rings is 1. The Labute approximate surface area is 187 Å². The monoisotopic (exact) mass is 425 g/mol. The van der Waals surface area contributed by atoms with E-state index < -0.39 is 7.04 Å². The summed E-state index contributed by atoms with van der Waals surface area (Å²) < 4.78 is 2.79. The number of nitrogens with zero attached hydrogens (tertiary/aromatic N) is 1. The fourth-order valence-corrected chi connectivity index (χ4v) is 8.72. The third kappa shape index (κ3) is 7.14. The minimum absolute atomic E-state index is 0.624. The Bertz CT molecular complexity index is 819. The summed E-state index contributed by atoms with van der Waals surface area (Å²) in [5.41, 5.74) is 7.08. The highest BCUT2D eigenvalue weighted by Gasteiger charge is 2.33. The van der Waals surface area contributed by atoms with Crippen molar-refractivity contribution in [3.8, 4) is 0 Å². The van der Waals surface area contributed by atoms with Crippen LogP contribution < -0.4 is 0 Å². The van der Waals surface area contributed by atoms with Crippen LogP contribution in [0, 0.1) is 12.8 Å². The summed E-state index contributed by atoms with van der Waals surface area (Å²) in [6.45, 7) is 18.6. The van der Waals surface area contributed by atoms with Gasteiger partial charge in [-0.1, -0.05) is 79.7 Å². The summed E-state index contributed by atoms with van der Waals surface area (Å²) in [7, 11) is -1.08. The second-order valence-corrected chi connectivity index (χ2v) is 13.0. The Morgan fingerprint density at radius 1 is 1.13 bits per heavy atom. The fraction of sp³-hybridized carbons (Fsp3) is 0.536. The molecule has 0 spiro atoms. The molecule has 0 amide bonds. The van der Waals surface area contributed by atoms with Crippen molar-refractivity contribution in [2.24, 2.45) is 5.92 Å². The molecular weight excluding hydrogens is 381 g/mol. The first kappa shape index (κ1) is 25.0. The van der Waals surface area contributed by atoms with E-state index in [1.165, 1.54) is 66.1 Å². The minimum Gasteiger partial charge on any atom is -0.281 e. The lowest BCUT2D eigenvalue weighted by Crippen LogP contribution is -2.14. The van der Waals surface area contributed by atoms with E-state index in [0.29, 0.717) is 5.92 Å². The molecule has 1 nitrogen and oxygen atoms in total. The van der Waals surface area contributed by atoms with Crippen LogP contribution in [-0.4, -0.2) is 35.9 Å². The molecule has 1 aromatic carbocycles. The Balaban J connectivity index is 2.26. The second kappa shape index (κ2) is 11.9. The highest BCUT2D eigenvalue weighted by atomic mass is 31.2. The van der Waals surface area contributed by atoms with E-state index in [1.807, 2.05) is 0 Å². The second-order valence-electron chi connectivity index (χ2n) is 9.12. The topological polar surface area (TPSA) is 3.01 Å². The van der Waals surface area contributed by atoms with Crippen molar-refractivity contribution >= 4 is 12.8 Å². The van der Waals surface area contributed by atoms with Gasteiger partial charge in [0.2, 0.25) is 0 Å². The number of allylic oxidation sites excluding steroid dienone is 6. The van der Waals surface area contributed by atoms with Crippen LogP contribution in [0.2, 0.25) is 0 Å². The van der Waals surface area contributed by atoms with Crippen LogP contribution in [0.3, 0.4) is 0 Å². The SMILES string of the molecule is CC=P(CCCC)(CC(C)/C(C)=C/C(Cc1ccc(C)cc1)=C(C)\C=C/C)N1CC1. The quantitative estimate of drug-likeness (QED) is 0.198. The number of aryl methyl sites for hydroxylation is 1. The van der Waals surface area contributed by atoms with Crippen LogP contribution in [0.25, 0.3) is 0 Å². The summed E-state index contributed by atoms with van der Waals surface area (Å²) in [6.07, 6.45) is 13.3. The molecule has 1 heterocycles. The van der Waals surface area contributed by atoms with E-state index >= 15 is 0 Å². The molecular formula is C28H44NP. The maximum Gasteiger partial charge on any atom is 0.0152 e. The molecule has 30 heavy (non-hydrogen) atoms. The third-order valence-corrected chi connectivity index (χ3v) is 11.3. The predicted molar refractivity (Wildman–Crippen MR) is 140 cm³/mol. The molecule has 0 bridgehead atoms. The number of hydrogen-bond donors (Lipinski definition) is 0. The molecule has 1 aliphatic rings. The predicted octanol–water partition coefficient (Wildman–Crippen LogP) is 7.88. The Morgan fingerprint density at radius 2 is 1.80 bits per heavy atom. The van der Waals surface area contributed by atoms with Gasteiger partial charge in [-0.05, 0) is 89.4 Å². The van der Waals surface area contributed by atoms with Gasteiger partial charge in [-0.15, -0.1) is 0 Å². The molecule has 0 saturated carbocycles. The molecule has 2 heteroatoms. The Morgan fingerprint density at radius 3 is 2.33 bits per heavy atom. The number of unbranched alkanes of at least 4 members (excludes halogenated alkanes) is 1. The lowest BCUT2D eigenvalue weighted by atomic mass is 9.94. The molecule has 1 fully saturated rings. The van der Waals surface area contributed by atoms with Gasteiger partial charge in [-0.3, -0.25) is 4.67 Å². The van der Waals surface area contributed by atoms with Crippen molar-refractivity contribution in [2.45, 2.75) is 67.7 Å². The van der Waals surface area contributed by atoms with E-state index in [4.69, 9.17) is 0 Å². The van der Waals surface area contributed by atoms with Crippen LogP contribution in [0.5, 0.6) is 0 Å². The van der Waals surface area contributed by atoms with Crippen LogP contribution in [-0.2, 0) is 6.42 Å². The van der Waals surface area contributed by atoms with Gasteiger partial charge in [0.25, 0.3) is 0 Å². The Kier molecular flexibility index (Phi) is 9.92.